The Kier molecular flexibility index (Phi) is 6.16. The molecular weight excluding hydrogens is 417 g/mol. The predicted octanol–water partition coefficient (Wildman–Crippen LogP) is 4.14. The van der Waals surface area contributed by atoms with Crippen molar-refractivity contribution in [3.63, 3.8) is 0 Å². The third-order valence-electron chi connectivity index (χ3n) is 3.94. The third kappa shape index (κ3) is 5.53. The number of rotatable bonds is 7. The van der Waals surface area contributed by atoms with Crippen LogP contribution in [0, 0.1) is 15.9 Å². The van der Waals surface area contributed by atoms with E-state index in [-0.39, 0.29) is 28.6 Å². The molecule has 7 nitrogen and oxygen atoms in total. The Labute approximate surface area is 171 Å². The van der Waals surface area contributed by atoms with E-state index in [9.17, 15) is 22.9 Å². The van der Waals surface area contributed by atoms with Crippen LogP contribution in [0.2, 0.25) is 0 Å². The molecule has 0 unspecified atom stereocenters. The number of halogens is 1. The number of hydrogen-bond donors (Lipinski definition) is 2. The molecule has 0 amide bonds. The summed E-state index contributed by atoms with van der Waals surface area (Å²) in [6.45, 7) is 0.241. The number of non-ortho nitro benzene ring substituents is 1. The second-order valence-electron chi connectivity index (χ2n) is 6.04. The summed E-state index contributed by atoms with van der Waals surface area (Å²) in [5.74, 6) is -0.296. The van der Waals surface area contributed by atoms with Gasteiger partial charge >= 0.3 is 0 Å². The molecule has 0 aliphatic carbocycles. The Morgan fingerprint density at radius 1 is 1.00 bits per heavy atom. The largest absolute Gasteiger partial charge is 0.380 e. The van der Waals surface area contributed by atoms with Crippen molar-refractivity contribution in [3.05, 3.63) is 88.2 Å². The number of benzene rings is 3. The summed E-state index contributed by atoms with van der Waals surface area (Å²) in [5, 5.41) is 19.1. The van der Waals surface area contributed by atoms with Crippen LogP contribution >= 0.6 is 11.8 Å². The normalized spacial score (nSPS) is 11.2. The summed E-state index contributed by atoms with van der Waals surface area (Å²) in [6.07, 6.45) is 0. The van der Waals surface area contributed by atoms with Crippen molar-refractivity contribution >= 4 is 33.2 Å². The lowest BCUT2D eigenvalue weighted by Crippen LogP contribution is -2.15. The standard InChI is InChI=1S/C19H16FN3O4S2/c20-14-3-8-17(9-4-14)28-16-6-1-13(2-7-16)12-22-18-11-15(23(24)25)5-10-19(18)29(21,26)27/h1-11,22H,12H2,(H2,21,26,27). The van der Waals surface area contributed by atoms with E-state index in [1.165, 1.54) is 23.9 Å². The first-order chi connectivity index (χ1) is 13.7. The van der Waals surface area contributed by atoms with Crippen LogP contribution in [0.4, 0.5) is 15.8 Å². The highest BCUT2D eigenvalue weighted by molar-refractivity contribution is 7.99. The zero-order valence-electron chi connectivity index (χ0n) is 14.9. The van der Waals surface area contributed by atoms with Crippen LogP contribution in [0.15, 0.2) is 81.4 Å². The summed E-state index contributed by atoms with van der Waals surface area (Å²) in [6, 6.07) is 16.9. The van der Waals surface area contributed by atoms with Gasteiger partial charge < -0.3 is 5.32 Å². The lowest BCUT2D eigenvalue weighted by Gasteiger charge is -2.11. The van der Waals surface area contributed by atoms with Crippen molar-refractivity contribution in [2.75, 3.05) is 5.32 Å². The van der Waals surface area contributed by atoms with Gasteiger partial charge in [-0.1, -0.05) is 23.9 Å². The number of anilines is 1. The summed E-state index contributed by atoms with van der Waals surface area (Å²) >= 11 is 1.47. The fourth-order valence-corrected chi connectivity index (χ4v) is 4.04. The number of primary sulfonamides is 1. The molecule has 0 fully saturated rings. The van der Waals surface area contributed by atoms with Crippen LogP contribution in [0.3, 0.4) is 0 Å². The molecular formula is C19H16FN3O4S2. The minimum absolute atomic E-state index is 0.0615. The number of nitrogens with zero attached hydrogens (tertiary/aromatic N) is 1. The summed E-state index contributed by atoms with van der Waals surface area (Å²) in [7, 11) is -4.04. The van der Waals surface area contributed by atoms with Gasteiger partial charge in [0.05, 0.1) is 10.6 Å². The molecule has 0 bridgehead atoms. The van der Waals surface area contributed by atoms with E-state index in [1.54, 1.807) is 12.1 Å². The number of nitro groups is 1. The molecule has 3 aromatic rings. The van der Waals surface area contributed by atoms with E-state index < -0.39 is 14.9 Å². The van der Waals surface area contributed by atoms with Crippen molar-refractivity contribution in [3.8, 4) is 0 Å². The maximum atomic E-state index is 13.0. The molecule has 3 N–H and O–H groups in total. The van der Waals surface area contributed by atoms with Crippen LogP contribution < -0.4 is 10.5 Å². The number of hydrogen-bond acceptors (Lipinski definition) is 6. The van der Waals surface area contributed by atoms with E-state index in [4.69, 9.17) is 5.14 Å². The minimum Gasteiger partial charge on any atom is -0.380 e. The van der Waals surface area contributed by atoms with Crippen LogP contribution in [-0.4, -0.2) is 13.3 Å². The molecule has 0 saturated carbocycles. The van der Waals surface area contributed by atoms with Gasteiger partial charge in [0.1, 0.15) is 10.7 Å². The predicted molar refractivity (Wildman–Crippen MR) is 109 cm³/mol. The van der Waals surface area contributed by atoms with Gasteiger partial charge in [-0.15, -0.1) is 0 Å². The average Bonchev–Trinajstić information content (AvgIpc) is 2.68. The summed E-state index contributed by atoms with van der Waals surface area (Å²) in [4.78, 5) is 12.0. The first-order valence-electron chi connectivity index (χ1n) is 8.30. The molecule has 0 radical (unpaired) electrons. The maximum absolute atomic E-state index is 13.0. The monoisotopic (exact) mass is 433 g/mol. The van der Waals surface area contributed by atoms with Gasteiger partial charge in [0, 0.05) is 28.5 Å². The van der Waals surface area contributed by atoms with Gasteiger partial charge in [0.15, 0.2) is 0 Å². The first-order valence-corrected chi connectivity index (χ1v) is 10.7. The van der Waals surface area contributed by atoms with Crippen molar-refractivity contribution in [1.82, 2.24) is 0 Å². The first kappa shape index (κ1) is 20.8. The Balaban J connectivity index is 1.73. The van der Waals surface area contributed by atoms with Crippen LogP contribution in [-0.2, 0) is 16.6 Å². The molecule has 0 aliphatic heterocycles. The topological polar surface area (TPSA) is 115 Å². The summed E-state index contributed by atoms with van der Waals surface area (Å²) < 4.78 is 36.4. The Bertz CT molecular complexity index is 1140. The van der Waals surface area contributed by atoms with Crippen molar-refractivity contribution in [2.45, 2.75) is 21.2 Å². The highest BCUT2D eigenvalue weighted by Gasteiger charge is 2.18. The van der Waals surface area contributed by atoms with E-state index in [2.05, 4.69) is 5.32 Å². The Hall–Kier alpha value is -2.95. The van der Waals surface area contributed by atoms with Crippen LogP contribution in [0.25, 0.3) is 0 Å². The van der Waals surface area contributed by atoms with Gasteiger partial charge in [0.25, 0.3) is 5.69 Å². The fourth-order valence-electron chi connectivity index (χ4n) is 2.53. The van der Waals surface area contributed by atoms with Gasteiger partial charge in [-0.25, -0.2) is 17.9 Å². The molecule has 150 valence electrons. The SMILES string of the molecule is NS(=O)(=O)c1ccc([N+](=O)[O-])cc1NCc1ccc(Sc2ccc(F)cc2)cc1. The minimum atomic E-state index is -4.04. The maximum Gasteiger partial charge on any atom is 0.271 e. The lowest BCUT2D eigenvalue weighted by molar-refractivity contribution is -0.384. The number of nitrogens with two attached hydrogens (primary N) is 1. The van der Waals surface area contributed by atoms with Gasteiger partial charge in [0.2, 0.25) is 10.0 Å². The highest BCUT2D eigenvalue weighted by Crippen LogP contribution is 2.29. The second kappa shape index (κ2) is 8.60. The summed E-state index contributed by atoms with van der Waals surface area (Å²) in [5.41, 5.74) is 0.651. The quantitative estimate of drug-likeness (QED) is 0.427. The Morgan fingerprint density at radius 3 is 2.14 bits per heavy atom. The fraction of sp³-hybridized carbons (Fsp3) is 0.0526. The van der Waals surface area contributed by atoms with Gasteiger partial charge in [-0.3, -0.25) is 10.1 Å². The zero-order chi connectivity index (χ0) is 21.0. The van der Waals surface area contributed by atoms with Crippen molar-refractivity contribution in [1.29, 1.82) is 0 Å². The van der Waals surface area contributed by atoms with Crippen molar-refractivity contribution < 1.29 is 17.7 Å². The molecule has 0 aromatic heterocycles. The number of sulfonamides is 1. The van der Waals surface area contributed by atoms with E-state index in [0.717, 1.165) is 33.6 Å². The molecule has 0 saturated heterocycles. The second-order valence-corrected chi connectivity index (χ2v) is 8.71. The van der Waals surface area contributed by atoms with Crippen LogP contribution in [0.1, 0.15) is 5.56 Å². The Morgan fingerprint density at radius 2 is 1.59 bits per heavy atom. The number of nitro benzene ring substituents is 1. The molecule has 29 heavy (non-hydrogen) atoms. The number of nitrogens with one attached hydrogen (secondary N) is 1. The third-order valence-corrected chi connectivity index (χ3v) is 5.92. The molecule has 10 heteroatoms. The molecule has 0 aliphatic rings. The molecule has 0 spiro atoms. The molecule has 0 atom stereocenters. The van der Waals surface area contributed by atoms with Crippen LogP contribution in [0.5, 0.6) is 0 Å². The average molecular weight is 433 g/mol. The van der Waals surface area contributed by atoms with E-state index in [1.807, 2.05) is 24.3 Å². The molecule has 0 heterocycles. The highest BCUT2D eigenvalue weighted by atomic mass is 32.2. The van der Waals surface area contributed by atoms with Gasteiger partial charge in [-0.05, 0) is 48.0 Å². The zero-order valence-corrected chi connectivity index (χ0v) is 16.5. The van der Waals surface area contributed by atoms with Crippen molar-refractivity contribution in [2.24, 2.45) is 5.14 Å². The van der Waals surface area contributed by atoms with Gasteiger partial charge in [-0.2, -0.15) is 0 Å². The van der Waals surface area contributed by atoms with E-state index in [0.29, 0.717) is 0 Å². The lowest BCUT2D eigenvalue weighted by atomic mass is 10.2. The molecule has 3 rings (SSSR count). The van der Waals surface area contributed by atoms with E-state index >= 15 is 0 Å². The smallest absolute Gasteiger partial charge is 0.271 e. The molecule has 3 aromatic carbocycles.